The number of benzene rings is 1. The van der Waals surface area contributed by atoms with Crippen LogP contribution >= 0.6 is 0 Å². The zero-order chi connectivity index (χ0) is 20.6. The Bertz CT molecular complexity index is 735. The minimum absolute atomic E-state index is 0.00754. The molecule has 8 heteroatoms. The van der Waals surface area contributed by atoms with Gasteiger partial charge in [0.15, 0.2) is 0 Å². The number of hydrogen-bond donors (Lipinski definition) is 0. The van der Waals surface area contributed by atoms with Crippen molar-refractivity contribution >= 4 is 12.2 Å². The van der Waals surface area contributed by atoms with Gasteiger partial charge in [-0.3, -0.25) is 4.90 Å². The van der Waals surface area contributed by atoms with E-state index in [0.717, 1.165) is 10.5 Å². The third kappa shape index (κ3) is 3.91. The summed E-state index contributed by atoms with van der Waals surface area (Å²) in [5.41, 5.74) is -1.69. The Hall–Kier alpha value is -2.38. The van der Waals surface area contributed by atoms with Gasteiger partial charge in [-0.15, -0.1) is 0 Å². The molecule has 2 saturated heterocycles. The summed E-state index contributed by atoms with van der Waals surface area (Å²) in [5.74, 6) is -3.08. The van der Waals surface area contributed by atoms with Crippen molar-refractivity contribution < 1.29 is 27.8 Å². The molecule has 2 amide bonds. The van der Waals surface area contributed by atoms with Gasteiger partial charge in [-0.1, -0.05) is 30.3 Å². The molecule has 0 saturated carbocycles. The van der Waals surface area contributed by atoms with Crippen LogP contribution in [0.3, 0.4) is 0 Å². The highest BCUT2D eigenvalue weighted by atomic mass is 19.3. The standard InChI is InChI=1S/C20H26F2N2O4/c1-18(2,3)28-16(25)23-11-7-10-19(13-23)20(21,22)14-24(19)17(26)27-12-15-8-5-4-6-9-15/h4-6,8-9H,7,10-14H2,1-3H3/t19-/m0/s1. The summed E-state index contributed by atoms with van der Waals surface area (Å²) in [6.07, 6.45) is -0.968. The Kier molecular flexibility index (Phi) is 5.25. The molecule has 1 atom stereocenters. The van der Waals surface area contributed by atoms with Crippen LogP contribution in [0.4, 0.5) is 18.4 Å². The number of halogens is 2. The number of ether oxygens (including phenoxy) is 2. The second-order valence-corrected chi connectivity index (χ2v) is 8.37. The molecule has 154 valence electrons. The molecule has 1 spiro atoms. The van der Waals surface area contributed by atoms with Crippen molar-refractivity contribution in [2.45, 2.75) is 57.3 Å². The van der Waals surface area contributed by atoms with Gasteiger partial charge in [0.25, 0.3) is 5.92 Å². The number of amides is 2. The van der Waals surface area contributed by atoms with E-state index in [1.807, 2.05) is 18.2 Å². The first-order valence-corrected chi connectivity index (χ1v) is 9.38. The van der Waals surface area contributed by atoms with E-state index in [1.54, 1.807) is 32.9 Å². The van der Waals surface area contributed by atoms with E-state index in [2.05, 4.69) is 0 Å². The SMILES string of the molecule is CC(C)(C)OC(=O)N1CCC[C@@]2(C1)N(C(=O)OCc1ccccc1)CC2(F)F. The third-order valence-corrected chi connectivity index (χ3v) is 5.10. The van der Waals surface area contributed by atoms with Crippen molar-refractivity contribution in [2.24, 2.45) is 0 Å². The number of carbonyl (C=O) groups is 2. The molecule has 2 fully saturated rings. The van der Waals surface area contributed by atoms with Crippen LogP contribution in [0.15, 0.2) is 30.3 Å². The summed E-state index contributed by atoms with van der Waals surface area (Å²) >= 11 is 0. The maximum Gasteiger partial charge on any atom is 0.411 e. The fraction of sp³-hybridized carbons (Fsp3) is 0.600. The van der Waals surface area contributed by atoms with E-state index in [9.17, 15) is 18.4 Å². The Morgan fingerprint density at radius 1 is 1.11 bits per heavy atom. The molecule has 6 nitrogen and oxygen atoms in total. The van der Waals surface area contributed by atoms with E-state index in [1.165, 1.54) is 4.90 Å². The summed E-state index contributed by atoms with van der Waals surface area (Å²) < 4.78 is 39.8. The lowest BCUT2D eigenvalue weighted by Gasteiger charge is -2.59. The lowest BCUT2D eigenvalue weighted by atomic mass is 9.74. The van der Waals surface area contributed by atoms with E-state index in [4.69, 9.17) is 9.47 Å². The van der Waals surface area contributed by atoms with Crippen molar-refractivity contribution in [3.8, 4) is 0 Å². The van der Waals surface area contributed by atoms with Gasteiger partial charge in [-0.25, -0.2) is 18.4 Å². The molecule has 3 rings (SSSR count). The number of rotatable bonds is 2. The maximum absolute atomic E-state index is 14.6. The van der Waals surface area contributed by atoms with E-state index >= 15 is 0 Å². The number of carbonyl (C=O) groups excluding carboxylic acids is 2. The van der Waals surface area contributed by atoms with Crippen LogP contribution in [0.25, 0.3) is 0 Å². The molecular formula is C20H26F2N2O4. The van der Waals surface area contributed by atoms with Gasteiger partial charge in [0.2, 0.25) is 0 Å². The summed E-state index contributed by atoms with van der Waals surface area (Å²) in [6.45, 7) is 4.51. The van der Waals surface area contributed by atoms with E-state index in [-0.39, 0.29) is 19.6 Å². The topological polar surface area (TPSA) is 59.1 Å². The highest BCUT2D eigenvalue weighted by Gasteiger charge is 2.70. The molecule has 2 aliphatic rings. The molecule has 2 aliphatic heterocycles. The Morgan fingerprint density at radius 3 is 2.39 bits per heavy atom. The van der Waals surface area contributed by atoms with Crippen LogP contribution in [0.1, 0.15) is 39.2 Å². The predicted molar refractivity (Wildman–Crippen MR) is 98.1 cm³/mol. The smallest absolute Gasteiger partial charge is 0.411 e. The quantitative estimate of drug-likeness (QED) is 0.757. The summed E-state index contributed by atoms with van der Waals surface area (Å²) in [4.78, 5) is 27.2. The van der Waals surface area contributed by atoms with Gasteiger partial charge >= 0.3 is 12.2 Å². The maximum atomic E-state index is 14.6. The second-order valence-electron chi connectivity index (χ2n) is 8.37. The highest BCUT2D eigenvalue weighted by Crippen LogP contribution is 2.50. The van der Waals surface area contributed by atoms with Crippen molar-refractivity contribution in [2.75, 3.05) is 19.6 Å². The number of hydrogen-bond acceptors (Lipinski definition) is 4. The van der Waals surface area contributed by atoms with Gasteiger partial charge in [-0.05, 0) is 39.2 Å². The van der Waals surface area contributed by atoms with Gasteiger partial charge in [-0.2, -0.15) is 0 Å². The average molecular weight is 396 g/mol. The van der Waals surface area contributed by atoms with Crippen LogP contribution in [0.5, 0.6) is 0 Å². The molecule has 2 heterocycles. The summed E-state index contributed by atoms with van der Waals surface area (Å²) in [5, 5.41) is 0. The molecule has 28 heavy (non-hydrogen) atoms. The zero-order valence-electron chi connectivity index (χ0n) is 16.4. The van der Waals surface area contributed by atoms with Crippen LogP contribution in [0.2, 0.25) is 0 Å². The molecule has 0 unspecified atom stereocenters. The van der Waals surface area contributed by atoms with Gasteiger partial charge in [0, 0.05) is 6.54 Å². The number of piperidine rings is 1. The zero-order valence-corrected chi connectivity index (χ0v) is 16.4. The monoisotopic (exact) mass is 396 g/mol. The average Bonchev–Trinajstić information content (AvgIpc) is 2.64. The fourth-order valence-corrected chi connectivity index (χ4v) is 3.68. The molecular weight excluding hydrogens is 370 g/mol. The van der Waals surface area contributed by atoms with Crippen LogP contribution in [-0.2, 0) is 16.1 Å². The Balaban J connectivity index is 1.70. The second kappa shape index (κ2) is 7.22. The van der Waals surface area contributed by atoms with Crippen LogP contribution in [0, 0.1) is 0 Å². The van der Waals surface area contributed by atoms with Crippen molar-refractivity contribution in [3.63, 3.8) is 0 Å². The molecule has 0 aromatic heterocycles. The molecule has 0 radical (unpaired) electrons. The molecule has 1 aromatic carbocycles. The number of likely N-dealkylation sites (tertiary alicyclic amines) is 2. The van der Waals surface area contributed by atoms with E-state index < -0.39 is 35.8 Å². The third-order valence-electron chi connectivity index (χ3n) is 5.10. The minimum Gasteiger partial charge on any atom is -0.445 e. The van der Waals surface area contributed by atoms with E-state index in [0.29, 0.717) is 13.0 Å². The minimum atomic E-state index is -3.08. The van der Waals surface area contributed by atoms with Crippen molar-refractivity contribution in [3.05, 3.63) is 35.9 Å². The normalized spacial score (nSPS) is 23.9. The van der Waals surface area contributed by atoms with Gasteiger partial charge in [0.05, 0.1) is 13.1 Å². The first-order valence-electron chi connectivity index (χ1n) is 9.38. The van der Waals surface area contributed by atoms with Gasteiger partial charge < -0.3 is 14.4 Å². The Labute approximate surface area is 163 Å². The molecule has 0 N–H and O–H groups in total. The lowest BCUT2D eigenvalue weighted by Crippen LogP contribution is -2.81. The molecule has 1 aromatic rings. The summed E-state index contributed by atoms with van der Waals surface area (Å²) in [6, 6.07) is 9.03. The number of nitrogens with zero attached hydrogens (tertiary/aromatic N) is 2. The Morgan fingerprint density at radius 2 is 1.79 bits per heavy atom. The largest absolute Gasteiger partial charge is 0.445 e. The van der Waals surface area contributed by atoms with Crippen molar-refractivity contribution in [1.29, 1.82) is 0 Å². The highest BCUT2D eigenvalue weighted by molar-refractivity contribution is 5.72. The molecule has 0 bridgehead atoms. The summed E-state index contributed by atoms with van der Waals surface area (Å²) in [7, 11) is 0. The first kappa shape index (κ1) is 20.4. The number of alkyl halides is 2. The lowest BCUT2D eigenvalue weighted by molar-refractivity contribution is -0.245. The fourth-order valence-electron chi connectivity index (χ4n) is 3.68. The van der Waals surface area contributed by atoms with Crippen molar-refractivity contribution in [1.82, 2.24) is 9.80 Å². The van der Waals surface area contributed by atoms with Crippen LogP contribution < -0.4 is 0 Å². The van der Waals surface area contributed by atoms with Gasteiger partial charge in [0.1, 0.15) is 17.7 Å². The van der Waals surface area contributed by atoms with Crippen LogP contribution in [-0.4, -0.2) is 58.7 Å². The first-order chi connectivity index (χ1) is 13.0. The predicted octanol–water partition coefficient (Wildman–Crippen LogP) is 4.04. The molecule has 0 aliphatic carbocycles.